The van der Waals surface area contributed by atoms with E-state index in [1.807, 2.05) is 26.0 Å². The van der Waals surface area contributed by atoms with Crippen molar-refractivity contribution in [3.8, 4) is 5.75 Å². The summed E-state index contributed by atoms with van der Waals surface area (Å²) in [6.45, 7) is 5.97. The number of carbonyl (C=O) groups excluding carboxylic acids is 1. The highest BCUT2D eigenvalue weighted by Crippen LogP contribution is 2.32. The summed E-state index contributed by atoms with van der Waals surface area (Å²) in [6, 6.07) is 8.75. The Bertz CT molecular complexity index is 1370. The molecule has 1 atom stereocenters. The number of halogens is 3. The molecule has 0 unspecified atom stereocenters. The normalized spacial score (nSPS) is 15.0. The van der Waals surface area contributed by atoms with Crippen LogP contribution in [0.1, 0.15) is 37.6 Å². The molecule has 11 heteroatoms. The van der Waals surface area contributed by atoms with E-state index in [9.17, 15) is 9.59 Å². The van der Waals surface area contributed by atoms with Crippen LogP contribution in [0.15, 0.2) is 49.2 Å². The number of fused-ring (bicyclic) bond motifs is 1. The van der Waals surface area contributed by atoms with E-state index >= 15 is 0 Å². The summed E-state index contributed by atoms with van der Waals surface area (Å²) in [5, 5.41) is 5.42. The average Bonchev–Trinajstić information content (AvgIpc) is 2.87. The first-order chi connectivity index (χ1) is 17.3. The van der Waals surface area contributed by atoms with E-state index in [1.165, 1.54) is 10.9 Å². The van der Waals surface area contributed by atoms with Crippen LogP contribution in [0.2, 0.25) is 5.02 Å². The van der Waals surface area contributed by atoms with Crippen LogP contribution < -0.4 is 10.3 Å². The first-order valence-electron chi connectivity index (χ1n) is 11.5. The van der Waals surface area contributed by atoms with Crippen molar-refractivity contribution in [1.82, 2.24) is 14.6 Å². The van der Waals surface area contributed by atoms with Crippen LogP contribution in [0.5, 0.6) is 5.75 Å². The second-order valence-electron chi connectivity index (χ2n) is 8.39. The lowest BCUT2D eigenvalue weighted by molar-refractivity contribution is -0.137. The summed E-state index contributed by atoms with van der Waals surface area (Å²) < 4.78 is 13.9. The molecule has 1 aliphatic heterocycles. The van der Waals surface area contributed by atoms with Gasteiger partial charge in [-0.15, -0.1) is 0 Å². The molecule has 2 aromatic carbocycles. The van der Waals surface area contributed by atoms with Crippen LogP contribution in [-0.2, 0) is 9.53 Å². The molecule has 0 bridgehead atoms. The van der Waals surface area contributed by atoms with Gasteiger partial charge in [-0.2, -0.15) is 9.78 Å². The van der Waals surface area contributed by atoms with E-state index in [0.29, 0.717) is 63.8 Å². The number of hydrogen-bond donors (Lipinski definition) is 0. The molecule has 1 aliphatic rings. The molecule has 2 heterocycles. The second kappa shape index (κ2) is 11.9. The number of benzene rings is 2. The van der Waals surface area contributed by atoms with Gasteiger partial charge < -0.3 is 14.4 Å². The minimum Gasteiger partial charge on any atom is -0.482 e. The van der Waals surface area contributed by atoms with Crippen LogP contribution in [-0.4, -0.2) is 59.6 Å². The number of aromatic nitrogens is 2. The van der Waals surface area contributed by atoms with Gasteiger partial charge in [0.2, 0.25) is 0 Å². The predicted octanol–water partition coefficient (Wildman–Crippen LogP) is 5.21. The van der Waals surface area contributed by atoms with E-state index < -0.39 is 0 Å². The third kappa shape index (κ3) is 5.99. The molecule has 0 radical (unpaired) electrons. The third-order valence-corrected chi connectivity index (χ3v) is 7.24. The van der Waals surface area contributed by atoms with E-state index in [-0.39, 0.29) is 24.0 Å². The lowest BCUT2D eigenvalue weighted by Crippen LogP contribution is -2.43. The monoisotopic (exact) mass is 638 g/mol. The Morgan fingerprint density at radius 1 is 1.28 bits per heavy atom. The molecule has 1 amide bonds. The number of morpholine rings is 1. The zero-order valence-corrected chi connectivity index (χ0v) is 23.8. The lowest BCUT2D eigenvalue weighted by atomic mass is 10.1. The van der Waals surface area contributed by atoms with Crippen LogP contribution in [0.4, 0.5) is 0 Å². The number of amides is 1. The van der Waals surface area contributed by atoms with Crippen molar-refractivity contribution in [2.45, 2.75) is 26.2 Å². The van der Waals surface area contributed by atoms with Crippen molar-refractivity contribution in [3.63, 3.8) is 0 Å². The Morgan fingerprint density at radius 3 is 2.75 bits per heavy atom. The van der Waals surface area contributed by atoms with E-state index in [1.54, 1.807) is 23.1 Å². The molecule has 190 valence electrons. The van der Waals surface area contributed by atoms with Gasteiger partial charge in [-0.05, 0) is 52.7 Å². The Hall–Kier alpha value is -2.27. The smallest absolute Gasteiger partial charge is 0.282 e. The molecular formula is C25H25Br2ClN4O4. The zero-order valence-electron chi connectivity index (χ0n) is 19.8. The van der Waals surface area contributed by atoms with Gasteiger partial charge in [-0.25, -0.2) is 4.98 Å². The first-order valence-corrected chi connectivity index (χ1v) is 13.5. The van der Waals surface area contributed by atoms with Crippen LogP contribution >= 0.6 is 43.5 Å². The Balaban J connectivity index is 1.71. The number of ether oxygens (including phenoxy) is 2. The number of nitrogens with zero attached hydrogens (tertiary/aromatic N) is 4. The molecule has 0 spiro atoms. The highest BCUT2D eigenvalue weighted by atomic mass is 79.9. The SMILES string of the molecule is CC[C@H](C)c1nc2ccc(Br)cc2c(=O)n1N=Cc1cc(Cl)cc(Br)c1OCC(=O)N1CCOCC1. The van der Waals surface area contributed by atoms with Crippen LogP contribution in [0, 0.1) is 0 Å². The standard InChI is InChI=1S/C25H25Br2ClN4O4/c1-3-15(2)24-30-21-5-4-17(26)11-19(21)25(34)32(24)29-13-16-10-18(28)12-20(27)23(16)36-14-22(33)31-6-8-35-9-7-31/h4-5,10-13,15H,3,6-9,14H2,1-2H3/t15-/m0/s1. The zero-order chi connectivity index (χ0) is 25.8. The molecule has 36 heavy (non-hydrogen) atoms. The van der Waals surface area contributed by atoms with Gasteiger partial charge in [-0.1, -0.05) is 41.4 Å². The molecule has 1 aromatic heterocycles. The quantitative estimate of drug-likeness (QED) is 0.331. The minimum absolute atomic E-state index is 0.00383. The highest BCUT2D eigenvalue weighted by Gasteiger charge is 2.20. The number of hydrogen-bond acceptors (Lipinski definition) is 6. The maximum absolute atomic E-state index is 13.4. The molecule has 0 N–H and O–H groups in total. The van der Waals surface area contributed by atoms with Crippen LogP contribution in [0.25, 0.3) is 10.9 Å². The topological polar surface area (TPSA) is 86.0 Å². The largest absolute Gasteiger partial charge is 0.482 e. The summed E-state index contributed by atoms with van der Waals surface area (Å²) in [5.74, 6) is 0.817. The summed E-state index contributed by atoms with van der Waals surface area (Å²) in [6.07, 6.45) is 2.29. The fraction of sp³-hybridized carbons (Fsp3) is 0.360. The molecule has 1 saturated heterocycles. The predicted molar refractivity (Wildman–Crippen MR) is 147 cm³/mol. The van der Waals surface area contributed by atoms with Crippen molar-refractivity contribution in [2.75, 3.05) is 32.9 Å². The van der Waals surface area contributed by atoms with Gasteiger partial charge in [0.15, 0.2) is 6.61 Å². The van der Waals surface area contributed by atoms with Gasteiger partial charge in [0.25, 0.3) is 11.5 Å². The Kier molecular flexibility index (Phi) is 8.82. The molecular weight excluding hydrogens is 616 g/mol. The molecule has 0 saturated carbocycles. The molecule has 4 rings (SSSR count). The van der Waals surface area contributed by atoms with E-state index in [2.05, 4.69) is 37.0 Å². The average molecular weight is 641 g/mol. The summed E-state index contributed by atoms with van der Waals surface area (Å²) in [5.41, 5.74) is 0.848. The lowest BCUT2D eigenvalue weighted by Gasteiger charge is -2.26. The molecule has 1 fully saturated rings. The maximum atomic E-state index is 13.4. The Labute approximate surface area is 230 Å². The van der Waals surface area contributed by atoms with Gasteiger partial charge in [0, 0.05) is 34.1 Å². The van der Waals surface area contributed by atoms with E-state index in [4.69, 9.17) is 26.1 Å². The maximum Gasteiger partial charge on any atom is 0.282 e. The highest BCUT2D eigenvalue weighted by molar-refractivity contribution is 9.10. The summed E-state index contributed by atoms with van der Waals surface area (Å²) in [4.78, 5) is 32.5. The van der Waals surface area contributed by atoms with Crippen molar-refractivity contribution < 1.29 is 14.3 Å². The minimum atomic E-state index is -0.279. The third-order valence-electron chi connectivity index (χ3n) is 5.94. The fourth-order valence-corrected chi connectivity index (χ4v) is 5.07. The van der Waals surface area contributed by atoms with E-state index in [0.717, 1.165) is 10.9 Å². The van der Waals surface area contributed by atoms with Crippen LogP contribution in [0.3, 0.4) is 0 Å². The van der Waals surface area contributed by atoms with Crippen molar-refractivity contribution in [1.29, 1.82) is 0 Å². The first kappa shape index (κ1) is 26.8. The van der Waals surface area contributed by atoms with Crippen molar-refractivity contribution >= 4 is 66.5 Å². The van der Waals surface area contributed by atoms with Crippen molar-refractivity contribution in [2.24, 2.45) is 5.10 Å². The summed E-state index contributed by atoms with van der Waals surface area (Å²) >= 11 is 13.2. The number of carbonyl (C=O) groups is 1. The van der Waals surface area contributed by atoms with Gasteiger partial charge >= 0.3 is 0 Å². The van der Waals surface area contributed by atoms with Gasteiger partial charge in [0.1, 0.15) is 11.6 Å². The Morgan fingerprint density at radius 2 is 2.03 bits per heavy atom. The van der Waals surface area contributed by atoms with Crippen molar-refractivity contribution in [3.05, 3.63) is 66.0 Å². The molecule has 3 aromatic rings. The van der Waals surface area contributed by atoms with Gasteiger partial charge in [0.05, 0.1) is 34.8 Å². The molecule has 8 nitrogen and oxygen atoms in total. The number of rotatable bonds is 7. The van der Waals surface area contributed by atoms with Gasteiger partial charge in [-0.3, -0.25) is 9.59 Å². The fourth-order valence-electron chi connectivity index (χ4n) is 3.77. The second-order valence-corrected chi connectivity index (χ2v) is 10.6. The molecule has 0 aliphatic carbocycles. The summed E-state index contributed by atoms with van der Waals surface area (Å²) in [7, 11) is 0.